The maximum atomic E-state index is 13.3. The molecule has 0 aliphatic carbocycles. The summed E-state index contributed by atoms with van der Waals surface area (Å²) in [5, 5.41) is 3.98. The van der Waals surface area contributed by atoms with Gasteiger partial charge in [0.05, 0.1) is 11.2 Å². The zero-order chi connectivity index (χ0) is 14.7. The molecule has 0 radical (unpaired) electrons. The molecule has 21 heavy (non-hydrogen) atoms. The SMILES string of the molecule is CNCc1cc(Oc2cccc(F)c2)c2ccccc2n1. The van der Waals surface area contributed by atoms with Crippen LogP contribution in [0.5, 0.6) is 11.5 Å². The van der Waals surface area contributed by atoms with Gasteiger partial charge in [-0.3, -0.25) is 4.98 Å². The molecule has 0 saturated heterocycles. The monoisotopic (exact) mass is 282 g/mol. The third-order valence-corrected chi connectivity index (χ3v) is 3.11. The van der Waals surface area contributed by atoms with Crippen LogP contribution >= 0.6 is 0 Å². The van der Waals surface area contributed by atoms with Gasteiger partial charge in [0.25, 0.3) is 0 Å². The van der Waals surface area contributed by atoms with E-state index in [4.69, 9.17) is 4.74 Å². The number of nitrogens with one attached hydrogen (secondary N) is 1. The van der Waals surface area contributed by atoms with E-state index in [9.17, 15) is 4.39 Å². The van der Waals surface area contributed by atoms with Gasteiger partial charge >= 0.3 is 0 Å². The van der Waals surface area contributed by atoms with E-state index in [1.165, 1.54) is 12.1 Å². The minimum atomic E-state index is -0.318. The molecule has 0 aliphatic heterocycles. The molecule has 0 unspecified atom stereocenters. The highest BCUT2D eigenvalue weighted by Gasteiger charge is 2.08. The van der Waals surface area contributed by atoms with Crippen LogP contribution in [0.25, 0.3) is 10.9 Å². The highest BCUT2D eigenvalue weighted by atomic mass is 19.1. The number of halogens is 1. The molecule has 3 aromatic rings. The van der Waals surface area contributed by atoms with Crippen LogP contribution in [0.1, 0.15) is 5.69 Å². The first-order valence-corrected chi connectivity index (χ1v) is 6.73. The van der Waals surface area contributed by atoms with E-state index < -0.39 is 0 Å². The average molecular weight is 282 g/mol. The number of hydrogen-bond acceptors (Lipinski definition) is 3. The van der Waals surface area contributed by atoms with Crippen LogP contribution in [0, 0.1) is 5.82 Å². The van der Waals surface area contributed by atoms with Crippen molar-refractivity contribution in [2.75, 3.05) is 7.05 Å². The first-order valence-electron chi connectivity index (χ1n) is 6.73. The van der Waals surface area contributed by atoms with E-state index >= 15 is 0 Å². The molecule has 0 bridgehead atoms. The molecule has 0 amide bonds. The number of fused-ring (bicyclic) bond motifs is 1. The second-order valence-corrected chi connectivity index (χ2v) is 4.72. The highest BCUT2D eigenvalue weighted by molar-refractivity contribution is 5.85. The standard InChI is InChI=1S/C17H15FN2O/c1-19-11-13-10-17(15-7-2-3-8-16(15)20-13)21-14-6-4-5-12(18)9-14/h2-10,19H,11H2,1H3. The molecule has 1 aromatic heterocycles. The molecule has 0 spiro atoms. The zero-order valence-corrected chi connectivity index (χ0v) is 11.6. The van der Waals surface area contributed by atoms with Gasteiger partial charge in [0.15, 0.2) is 0 Å². The summed E-state index contributed by atoms with van der Waals surface area (Å²) in [6.07, 6.45) is 0. The molecule has 0 atom stereocenters. The van der Waals surface area contributed by atoms with E-state index in [2.05, 4.69) is 10.3 Å². The number of nitrogens with zero attached hydrogens (tertiary/aromatic N) is 1. The van der Waals surface area contributed by atoms with Gasteiger partial charge in [-0.15, -0.1) is 0 Å². The van der Waals surface area contributed by atoms with Crippen LogP contribution in [0.4, 0.5) is 4.39 Å². The van der Waals surface area contributed by atoms with E-state index in [1.54, 1.807) is 12.1 Å². The van der Waals surface area contributed by atoms with Gasteiger partial charge in [0.1, 0.15) is 17.3 Å². The summed E-state index contributed by atoms with van der Waals surface area (Å²) in [7, 11) is 1.87. The number of hydrogen-bond donors (Lipinski definition) is 1. The number of rotatable bonds is 4. The molecule has 3 nitrogen and oxygen atoms in total. The van der Waals surface area contributed by atoms with Crippen molar-refractivity contribution in [2.24, 2.45) is 0 Å². The molecule has 1 heterocycles. The normalized spacial score (nSPS) is 10.8. The lowest BCUT2D eigenvalue weighted by Crippen LogP contribution is -2.07. The second-order valence-electron chi connectivity index (χ2n) is 4.72. The lowest BCUT2D eigenvalue weighted by atomic mass is 10.2. The Morgan fingerprint density at radius 2 is 1.95 bits per heavy atom. The molecule has 0 fully saturated rings. The second kappa shape index (κ2) is 5.89. The van der Waals surface area contributed by atoms with Gasteiger partial charge in [-0.2, -0.15) is 0 Å². The maximum absolute atomic E-state index is 13.3. The minimum Gasteiger partial charge on any atom is -0.456 e. The van der Waals surface area contributed by atoms with E-state index in [0.717, 1.165) is 16.6 Å². The third kappa shape index (κ3) is 3.01. The summed E-state index contributed by atoms with van der Waals surface area (Å²) in [5.41, 5.74) is 1.74. The predicted molar refractivity (Wildman–Crippen MR) is 81.0 cm³/mol. The molecule has 106 valence electrons. The Morgan fingerprint density at radius 3 is 2.76 bits per heavy atom. The number of benzene rings is 2. The molecule has 0 aliphatic rings. The molecule has 4 heteroatoms. The molecule has 0 saturated carbocycles. The van der Waals surface area contributed by atoms with Crippen molar-refractivity contribution in [3.8, 4) is 11.5 Å². The average Bonchev–Trinajstić information content (AvgIpc) is 2.48. The van der Waals surface area contributed by atoms with Crippen LogP contribution < -0.4 is 10.1 Å². The summed E-state index contributed by atoms with van der Waals surface area (Å²) in [6, 6.07) is 15.7. The van der Waals surface area contributed by atoms with Gasteiger partial charge in [0.2, 0.25) is 0 Å². The van der Waals surface area contributed by atoms with E-state index in [1.807, 2.05) is 37.4 Å². The summed E-state index contributed by atoms with van der Waals surface area (Å²) < 4.78 is 19.1. The van der Waals surface area contributed by atoms with Gasteiger partial charge in [0, 0.05) is 24.1 Å². The first kappa shape index (κ1) is 13.5. The van der Waals surface area contributed by atoms with Crippen LogP contribution in [0.15, 0.2) is 54.6 Å². The van der Waals surface area contributed by atoms with Gasteiger partial charge < -0.3 is 10.1 Å². The molecule has 2 aromatic carbocycles. The quantitative estimate of drug-likeness (QED) is 0.788. The molecule has 3 rings (SSSR count). The minimum absolute atomic E-state index is 0.318. The topological polar surface area (TPSA) is 34.1 Å². The zero-order valence-electron chi connectivity index (χ0n) is 11.6. The summed E-state index contributed by atoms with van der Waals surface area (Å²) in [6.45, 7) is 0.643. The van der Waals surface area contributed by atoms with Gasteiger partial charge in [-0.25, -0.2) is 4.39 Å². The Labute approximate surface area is 122 Å². The lowest BCUT2D eigenvalue weighted by molar-refractivity contribution is 0.480. The Balaban J connectivity index is 2.07. The van der Waals surface area contributed by atoms with Crippen molar-refractivity contribution < 1.29 is 9.13 Å². The fourth-order valence-electron chi connectivity index (χ4n) is 2.21. The maximum Gasteiger partial charge on any atom is 0.138 e. The largest absolute Gasteiger partial charge is 0.456 e. The highest BCUT2D eigenvalue weighted by Crippen LogP contribution is 2.30. The fourth-order valence-corrected chi connectivity index (χ4v) is 2.21. The summed E-state index contributed by atoms with van der Waals surface area (Å²) in [5.74, 6) is 0.833. The number of pyridine rings is 1. The smallest absolute Gasteiger partial charge is 0.138 e. The molecule has 1 N–H and O–H groups in total. The van der Waals surface area contributed by atoms with Crippen molar-refractivity contribution in [1.82, 2.24) is 10.3 Å². The van der Waals surface area contributed by atoms with Gasteiger partial charge in [-0.1, -0.05) is 18.2 Å². The van der Waals surface area contributed by atoms with Crippen molar-refractivity contribution >= 4 is 10.9 Å². The summed E-state index contributed by atoms with van der Waals surface area (Å²) in [4.78, 5) is 4.57. The van der Waals surface area contributed by atoms with Crippen molar-refractivity contribution in [3.05, 3.63) is 66.1 Å². The first-order chi connectivity index (χ1) is 10.3. The Morgan fingerprint density at radius 1 is 1.10 bits per heavy atom. The Hall–Kier alpha value is -2.46. The van der Waals surface area contributed by atoms with E-state index in [0.29, 0.717) is 18.0 Å². The predicted octanol–water partition coefficient (Wildman–Crippen LogP) is 3.89. The number of aromatic nitrogens is 1. The number of ether oxygens (including phenoxy) is 1. The Kier molecular flexibility index (Phi) is 3.79. The van der Waals surface area contributed by atoms with Crippen molar-refractivity contribution in [3.63, 3.8) is 0 Å². The molecular weight excluding hydrogens is 267 g/mol. The van der Waals surface area contributed by atoms with Gasteiger partial charge in [-0.05, 0) is 31.3 Å². The van der Waals surface area contributed by atoms with Crippen LogP contribution in [-0.4, -0.2) is 12.0 Å². The fraction of sp³-hybridized carbons (Fsp3) is 0.118. The van der Waals surface area contributed by atoms with E-state index in [-0.39, 0.29) is 5.82 Å². The Bertz CT molecular complexity index is 774. The summed E-state index contributed by atoms with van der Waals surface area (Å²) >= 11 is 0. The molecular formula is C17H15FN2O. The third-order valence-electron chi connectivity index (χ3n) is 3.11. The lowest BCUT2D eigenvalue weighted by Gasteiger charge is -2.11. The van der Waals surface area contributed by atoms with Crippen molar-refractivity contribution in [1.29, 1.82) is 0 Å². The number of para-hydroxylation sites is 1. The van der Waals surface area contributed by atoms with Crippen LogP contribution in [0.2, 0.25) is 0 Å². The van der Waals surface area contributed by atoms with Crippen LogP contribution in [0.3, 0.4) is 0 Å². The van der Waals surface area contributed by atoms with Crippen LogP contribution in [-0.2, 0) is 6.54 Å². The van der Waals surface area contributed by atoms with Crippen molar-refractivity contribution in [2.45, 2.75) is 6.54 Å².